The first kappa shape index (κ1) is 33.6. The normalized spacial score (nSPS) is 18.3. The molecule has 0 amide bonds. The van der Waals surface area contributed by atoms with Gasteiger partial charge in [0.2, 0.25) is 0 Å². The second-order valence-electron chi connectivity index (χ2n) is 21.6. The second-order valence-corrected chi connectivity index (χ2v) is 21.6. The zero-order chi connectivity index (χ0) is 67.3. The van der Waals surface area contributed by atoms with E-state index in [-0.39, 0.29) is 49.4 Å². The summed E-state index contributed by atoms with van der Waals surface area (Å²) in [4.78, 5) is 4.85. The molecule has 0 N–H and O–H groups in total. The van der Waals surface area contributed by atoms with Gasteiger partial charge in [-0.25, -0.2) is 4.98 Å². The third-order valence-electron chi connectivity index (χ3n) is 14.2. The Bertz CT molecular complexity index is 4750. The molecule has 76 heavy (non-hydrogen) atoms. The minimum Gasteiger partial charge on any atom is -0.510 e. The van der Waals surface area contributed by atoms with E-state index >= 15 is 0 Å². The van der Waals surface area contributed by atoms with Crippen molar-refractivity contribution in [2.24, 2.45) is 0 Å². The number of nitrogens with zero attached hydrogens (tertiary/aromatic N) is 4. The third kappa shape index (κ3) is 8.91. The van der Waals surface area contributed by atoms with Crippen molar-refractivity contribution in [3.8, 4) is 62.1 Å². The van der Waals surface area contributed by atoms with E-state index in [4.69, 9.17) is 30.3 Å². The van der Waals surface area contributed by atoms with E-state index in [9.17, 15) is 4.11 Å². The summed E-state index contributed by atoms with van der Waals surface area (Å²) in [5.74, 6) is 0.899. The molecule has 0 bridgehead atoms. The van der Waals surface area contributed by atoms with Crippen LogP contribution in [-0.4, -0.2) is 14.1 Å². The monoisotopic (exact) mass is 1190 g/mol. The zero-order valence-electron chi connectivity index (χ0n) is 60.7. The summed E-state index contributed by atoms with van der Waals surface area (Å²) in [7, 11) is 0. The molecule has 1 aliphatic carbocycles. The number of aryl methyl sites for hydroxylation is 1. The number of rotatable bonds is 8. The molecule has 0 aliphatic heterocycles. The maximum absolute atomic E-state index is 10.2. The molecule has 0 fully saturated rings. The number of hydrogen-bond donors (Lipinski definition) is 0. The van der Waals surface area contributed by atoms with Gasteiger partial charge in [-0.2, -0.15) is 18.2 Å². The second kappa shape index (κ2) is 18.7. The van der Waals surface area contributed by atoms with Gasteiger partial charge >= 0.3 is 0 Å². The van der Waals surface area contributed by atoms with Crippen LogP contribution < -0.4 is 9.30 Å². The zero-order valence-corrected chi connectivity index (χ0v) is 45.0. The Morgan fingerprint density at radius 2 is 1.29 bits per heavy atom. The number of pyridine rings is 1. The molecule has 11 aromatic rings. The molecule has 1 aliphatic rings. The number of aromatic nitrogens is 4. The van der Waals surface area contributed by atoms with Gasteiger partial charge in [0.15, 0.2) is 0 Å². The average Bonchev–Trinajstić information content (AvgIpc) is 1.49. The first-order chi connectivity index (χ1) is 43.3. The van der Waals surface area contributed by atoms with Crippen molar-refractivity contribution in [3.05, 3.63) is 222 Å². The van der Waals surface area contributed by atoms with Crippen LogP contribution in [0, 0.1) is 25.3 Å². The molecule has 6 heteroatoms. The number of ether oxygens (including phenoxy) is 1. The molecule has 0 atom stereocenters. The molecule has 382 valence electrons. The molecule has 0 spiro atoms. The molecule has 5 nitrogen and oxygen atoms in total. The first-order valence-electron chi connectivity index (χ1n) is 33.9. The topological polar surface area (TPSA) is 35.9 Å². The molecule has 0 unspecified atom stereocenters. The van der Waals surface area contributed by atoms with Crippen LogP contribution in [0.3, 0.4) is 0 Å². The van der Waals surface area contributed by atoms with Crippen molar-refractivity contribution in [3.63, 3.8) is 0 Å². The van der Waals surface area contributed by atoms with Gasteiger partial charge < -0.3 is 13.9 Å². The van der Waals surface area contributed by atoms with Gasteiger partial charge in [0.25, 0.3) is 6.33 Å². The average molecular weight is 1190 g/mol. The molecule has 0 radical (unpaired) electrons. The predicted octanol–water partition coefficient (Wildman–Crippen LogP) is 17.5. The molecule has 8 aromatic carbocycles. The fraction of sp³-hybridized carbons (Fsp3) is 0.229. The summed E-state index contributed by atoms with van der Waals surface area (Å²) >= 11 is 0. The maximum atomic E-state index is 10.2. The van der Waals surface area contributed by atoms with E-state index in [0.29, 0.717) is 50.3 Å². The number of fused-ring (bicyclic) bond motifs is 5. The van der Waals surface area contributed by atoms with Crippen molar-refractivity contribution in [2.75, 3.05) is 0 Å². The van der Waals surface area contributed by atoms with Gasteiger partial charge in [-0.05, 0) is 114 Å². The molecule has 3 heterocycles. The van der Waals surface area contributed by atoms with Crippen molar-refractivity contribution in [2.45, 2.75) is 104 Å². The Kier molecular flexibility index (Phi) is 8.30. The van der Waals surface area contributed by atoms with E-state index in [0.717, 1.165) is 27.4 Å². The maximum Gasteiger partial charge on any atom is 0.268 e. The van der Waals surface area contributed by atoms with Crippen LogP contribution in [-0.2, 0) is 42.7 Å². The smallest absolute Gasteiger partial charge is 0.268 e. The minimum atomic E-state index is -3.69. The van der Waals surface area contributed by atoms with E-state index in [1.54, 1.807) is 63.9 Å². The van der Waals surface area contributed by atoms with Crippen molar-refractivity contribution in [1.29, 1.82) is 0 Å². The summed E-state index contributed by atoms with van der Waals surface area (Å²) in [5.41, 5.74) is -2.38. The molecular formula is C70H64N4OPt-2. The van der Waals surface area contributed by atoms with Crippen LogP contribution in [0.25, 0.3) is 83.4 Å². The van der Waals surface area contributed by atoms with Gasteiger partial charge in [0, 0.05) is 70.4 Å². The van der Waals surface area contributed by atoms with E-state index < -0.39 is 97.2 Å². The van der Waals surface area contributed by atoms with Crippen molar-refractivity contribution in [1.82, 2.24) is 14.1 Å². The SMILES string of the molecule is [2H]c1c([2H])c2c(c([2H])c1-c1cccc(-c3cc(C(C)(C)C)cc(C(C)(C)C)c3)c1-[n+]1[c-]n(-c3[c-]c(Oc4[c-]c5c(cc4)c4ccccc4n5-c4cc(C([2H])([2H])[2H])c(-c5ccccc5)cn4)ccc3)c3ccccc31)C(C([2H])([2H])[2H])(C([2H])([2H])[2H])CC2(C([2H])([2H])[2H])C([2H])([2H])[2H].[Pt]. The summed E-state index contributed by atoms with van der Waals surface area (Å²) in [6.07, 6.45) is 3.59. The van der Waals surface area contributed by atoms with Crippen molar-refractivity contribution < 1.29 is 55.0 Å². The van der Waals surface area contributed by atoms with Gasteiger partial charge in [-0.15, -0.1) is 29.7 Å². The van der Waals surface area contributed by atoms with Crippen LogP contribution in [0.2, 0.25) is 0 Å². The number of para-hydroxylation sites is 4. The number of imidazole rings is 1. The van der Waals surface area contributed by atoms with E-state index in [2.05, 4.69) is 66.1 Å². The quantitative estimate of drug-likeness (QED) is 0.112. The van der Waals surface area contributed by atoms with Crippen LogP contribution >= 0.6 is 0 Å². The summed E-state index contributed by atoms with van der Waals surface area (Å²) in [5, 5.41) is 1.68. The van der Waals surface area contributed by atoms with Crippen molar-refractivity contribution >= 4 is 32.8 Å². The van der Waals surface area contributed by atoms with Gasteiger partial charge in [-0.1, -0.05) is 202 Å². The number of hydrogen-bond acceptors (Lipinski definition) is 2. The number of benzene rings is 8. The Morgan fingerprint density at radius 3 is 2.03 bits per heavy atom. The molecule has 0 saturated carbocycles. The Morgan fingerprint density at radius 1 is 0.618 bits per heavy atom. The van der Waals surface area contributed by atoms with E-state index in [1.165, 1.54) is 0 Å². The molecular weight excluding hydrogens is 1110 g/mol. The predicted molar refractivity (Wildman–Crippen MR) is 309 cm³/mol. The third-order valence-corrected chi connectivity index (χ3v) is 14.2. The Labute approximate surface area is 488 Å². The summed E-state index contributed by atoms with van der Waals surface area (Å²) < 4.78 is 174. The Balaban J connectivity index is 0.00000901. The van der Waals surface area contributed by atoms with E-state index in [1.807, 2.05) is 102 Å². The first-order valence-corrected chi connectivity index (χ1v) is 24.9. The largest absolute Gasteiger partial charge is 0.510 e. The van der Waals surface area contributed by atoms with Crippen LogP contribution in [0.5, 0.6) is 11.5 Å². The van der Waals surface area contributed by atoms with Gasteiger partial charge in [-0.3, -0.25) is 4.57 Å². The van der Waals surface area contributed by atoms with Crippen LogP contribution in [0.4, 0.5) is 0 Å². The van der Waals surface area contributed by atoms with Crippen LogP contribution in [0.1, 0.15) is 128 Å². The summed E-state index contributed by atoms with van der Waals surface area (Å²) in [6, 6.07) is 50.1. The van der Waals surface area contributed by atoms with Gasteiger partial charge in [0.1, 0.15) is 5.82 Å². The summed E-state index contributed by atoms with van der Waals surface area (Å²) in [6.45, 7) is -4.71. The van der Waals surface area contributed by atoms with Gasteiger partial charge in [0.05, 0.1) is 20.8 Å². The molecule has 12 rings (SSSR count). The fourth-order valence-corrected chi connectivity index (χ4v) is 10.4. The fourth-order valence-electron chi connectivity index (χ4n) is 10.4. The molecule has 0 saturated heterocycles. The van der Waals surface area contributed by atoms with Crippen LogP contribution in [0.15, 0.2) is 176 Å². The minimum absolute atomic E-state index is 0. The Hall–Kier alpha value is -7.33. The molecule has 3 aromatic heterocycles. The standard InChI is InChI=1S/C70H64N4O.Pt/c1-45-35-65(71-42-58(45)46-21-13-12-14-22-46)74-61-28-16-15-25-56(61)57-33-32-53(41-64(57)74)75-52-24-19-23-51(40-52)72-44-73(63-30-18-17-29-62(63)72)66-54(47-31-34-59-60(38-47)70(10,11)43-69(59,8)9)26-20-27-55(66)48-36-49(67(2,3)4)39-50(37-48)68(5,6)7;/h12-39,42H,43H2,1-11H3;/q-2;/i1D3,8D3,9D3,10D3,11D3,31D,34D,38D;.